The number of hydrogen-bond acceptors (Lipinski definition) is 6. The Morgan fingerprint density at radius 3 is 2.53 bits per heavy atom. The fraction of sp³-hybridized carbons (Fsp3) is 0.600. The molecule has 166 valence electrons. The number of nitrogens with one attached hydrogen (secondary N) is 3. The molecule has 30 heavy (non-hydrogen) atoms. The van der Waals surface area contributed by atoms with Crippen LogP contribution in [0.1, 0.15) is 26.7 Å². The highest BCUT2D eigenvalue weighted by atomic mass is 32.2. The van der Waals surface area contributed by atoms with Crippen LogP contribution in [0, 0.1) is 0 Å². The van der Waals surface area contributed by atoms with Crippen LogP contribution in [-0.2, 0) is 19.4 Å². The van der Waals surface area contributed by atoms with Gasteiger partial charge in [0, 0.05) is 32.1 Å². The first kappa shape index (κ1) is 22.4. The molecule has 2 saturated heterocycles. The van der Waals surface area contributed by atoms with Crippen LogP contribution in [0.3, 0.4) is 0 Å². The summed E-state index contributed by atoms with van der Waals surface area (Å²) in [5, 5.41) is 8.24. The molecule has 1 aromatic carbocycles. The van der Waals surface area contributed by atoms with Crippen LogP contribution in [0.5, 0.6) is 0 Å². The molecule has 0 unspecified atom stereocenters. The molecule has 2 fully saturated rings. The monoisotopic (exact) mass is 438 g/mol. The van der Waals surface area contributed by atoms with Gasteiger partial charge in [0.1, 0.15) is 0 Å². The molecule has 1 aromatic rings. The van der Waals surface area contributed by atoms with Crippen LogP contribution in [0.4, 0.5) is 16.2 Å². The summed E-state index contributed by atoms with van der Waals surface area (Å²) >= 11 is 0. The summed E-state index contributed by atoms with van der Waals surface area (Å²) in [5.74, 6) is -0.171. The van der Waals surface area contributed by atoms with Gasteiger partial charge in [0.25, 0.3) is 0 Å². The molecule has 3 N–H and O–H groups in total. The smallest absolute Gasteiger partial charge is 0.319 e. The van der Waals surface area contributed by atoms with Gasteiger partial charge in [-0.1, -0.05) is 12.1 Å². The molecule has 3 amide bonds. The van der Waals surface area contributed by atoms with Gasteiger partial charge in [-0.25, -0.2) is 13.2 Å². The summed E-state index contributed by atoms with van der Waals surface area (Å²) < 4.78 is 28.7. The van der Waals surface area contributed by atoms with E-state index in [1.807, 2.05) is 38.1 Å². The zero-order chi connectivity index (χ0) is 21.7. The van der Waals surface area contributed by atoms with Crippen molar-refractivity contribution in [1.29, 1.82) is 0 Å². The van der Waals surface area contributed by atoms with Gasteiger partial charge < -0.3 is 25.6 Å². The van der Waals surface area contributed by atoms with Gasteiger partial charge >= 0.3 is 6.03 Å². The van der Waals surface area contributed by atoms with Crippen LogP contribution in [0.2, 0.25) is 0 Å². The number of para-hydroxylation sites is 2. The Morgan fingerprint density at radius 2 is 1.87 bits per heavy atom. The van der Waals surface area contributed by atoms with E-state index in [0.717, 1.165) is 18.8 Å². The molecule has 2 aliphatic rings. The quantitative estimate of drug-likeness (QED) is 0.613. The average molecular weight is 439 g/mol. The van der Waals surface area contributed by atoms with Crippen LogP contribution in [-0.4, -0.2) is 69.7 Å². The normalized spacial score (nSPS) is 25.5. The number of benzene rings is 1. The Labute approximate surface area is 177 Å². The fourth-order valence-electron chi connectivity index (χ4n) is 3.89. The SMILES string of the molecule is C[C@@H]1CN(c2ccccc2NC(=O)NCCC(=O)N[C@H]2CCS(=O)(=O)C2)C[C@@H](C)O1. The van der Waals surface area contributed by atoms with Crippen LogP contribution >= 0.6 is 0 Å². The molecule has 3 rings (SSSR count). The third-order valence-electron chi connectivity index (χ3n) is 5.15. The third-order valence-corrected chi connectivity index (χ3v) is 6.92. The number of sulfone groups is 1. The lowest BCUT2D eigenvalue weighted by Gasteiger charge is -2.37. The molecule has 2 heterocycles. The maximum atomic E-state index is 12.3. The summed E-state index contributed by atoms with van der Waals surface area (Å²) in [7, 11) is -3.04. The highest BCUT2D eigenvalue weighted by Gasteiger charge is 2.28. The van der Waals surface area contributed by atoms with E-state index in [9.17, 15) is 18.0 Å². The molecule has 0 aromatic heterocycles. The second-order valence-corrected chi connectivity index (χ2v) is 10.2. The molecule has 0 bridgehead atoms. The fourth-order valence-corrected chi connectivity index (χ4v) is 5.57. The van der Waals surface area contributed by atoms with Crippen molar-refractivity contribution >= 4 is 33.2 Å². The van der Waals surface area contributed by atoms with E-state index in [1.165, 1.54) is 0 Å². The van der Waals surface area contributed by atoms with Gasteiger partial charge in [0.2, 0.25) is 5.91 Å². The van der Waals surface area contributed by atoms with E-state index in [-0.39, 0.29) is 48.6 Å². The molecular formula is C20H30N4O5S. The minimum atomic E-state index is -3.04. The number of anilines is 2. The van der Waals surface area contributed by atoms with Crippen molar-refractivity contribution in [3.63, 3.8) is 0 Å². The largest absolute Gasteiger partial charge is 0.372 e. The zero-order valence-electron chi connectivity index (χ0n) is 17.4. The van der Waals surface area contributed by atoms with Gasteiger partial charge in [0.05, 0.1) is 35.1 Å². The number of amides is 3. The van der Waals surface area contributed by atoms with Gasteiger partial charge in [0.15, 0.2) is 9.84 Å². The number of morpholine rings is 1. The van der Waals surface area contributed by atoms with Gasteiger partial charge in [-0.15, -0.1) is 0 Å². The second kappa shape index (κ2) is 9.65. The molecule has 2 aliphatic heterocycles. The van der Waals surface area contributed by atoms with Crippen molar-refractivity contribution in [3.8, 4) is 0 Å². The van der Waals surface area contributed by atoms with Crippen molar-refractivity contribution in [2.24, 2.45) is 0 Å². The van der Waals surface area contributed by atoms with Crippen LogP contribution < -0.4 is 20.9 Å². The van der Waals surface area contributed by atoms with Crippen molar-refractivity contribution < 1.29 is 22.7 Å². The average Bonchev–Trinajstić information content (AvgIpc) is 2.99. The Kier molecular flexibility index (Phi) is 7.19. The number of urea groups is 1. The van der Waals surface area contributed by atoms with Crippen LogP contribution in [0.15, 0.2) is 24.3 Å². The molecule has 0 aliphatic carbocycles. The number of carbonyl (C=O) groups is 2. The minimum absolute atomic E-state index is 0.0117. The second-order valence-electron chi connectivity index (χ2n) is 7.98. The van der Waals surface area contributed by atoms with E-state index < -0.39 is 15.9 Å². The molecule has 3 atom stereocenters. The summed E-state index contributed by atoms with van der Waals surface area (Å²) in [6.07, 6.45) is 0.731. The van der Waals surface area contributed by atoms with Crippen molar-refractivity contribution in [2.45, 2.75) is 44.9 Å². The minimum Gasteiger partial charge on any atom is -0.372 e. The van der Waals surface area contributed by atoms with Crippen LogP contribution in [0.25, 0.3) is 0 Å². The first-order valence-corrected chi connectivity index (χ1v) is 12.1. The molecule has 0 spiro atoms. The van der Waals surface area contributed by atoms with Gasteiger partial charge in [-0.3, -0.25) is 4.79 Å². The lowest BCUT2D eigenvalue weighted by molar-refractivity contribution is -0.121. The molecular weight excluding hydrogens is 408 g/mol. The third kappa shape index (κ3) is 6.33. The number of hydrogen-bond donors (Lipinski definition) is 3. The summed E-state index contributed by atoms with van der Waals surface area (Å²) in [6.45, 7) is 5.68. The Morgan fingerprint density at radius 1 is 1.17 bits per heavy atom. The van der Waals surface area contributed by atoms with Crippen molar-refractivity contribution in [1.82, 2.24) is 10.6 Å². The number of nitrogens with zero attached hydrogens (tertiary/aromatic N) is 1. The molecule has 10 heteroatoms. The standard InChI is InChI=1S/C20H30N4O5S/c1-14-11-24(12-15(2)29-14)18-6-4-3-5-17(18)23-20(26)21-9-7-19(25)22-16-8-10-30(27,28)13-16/h3-6,14-16H,7-13H2,1-2H3,(H,22,25)(H2,21,23,26)/t14-,15-,16+/m1/s1. The number of carbonyl (C=O) groups excluding carboxylic acids is 2. The van der Waals surface area contributed by atoms with E-state index in [1.54, 1.807) is 0 Å². The Bertz CT molecular complexity index is 866. The molecule has 0 saturated carbocycles. The molecule has 0 radical (unpaired) electrons. The van der Waals surface area contributed by atoms with E-state index in [2.05, 4.69) is 20.9 Å². The number of rotatable bonds is 6. The highest BCUT2D eigenvalue weighted by molar-refractivity contribution is 7.91. The Hall–Kier alpha value is -2.33. The van der Waals surface area contributed by atoms with E-state index in [0.29, 0.717) is 12.1 Å². The van der Waals surface area contributed by atoms with E-state index in [4.69, 9.17) is 4.74 Å². The summed E-state index contributed by atoms with van der Waals surface area (Å²) in [5.41, 5.74) is 1.62. The van der Waals surface area contributed by atoms with Crippen molar-refractivity contribution in [3.05, 3.63) is 24.3 Å². The predicted molar refractivity (Wildman–Crippen MR) is 116 cm³/mol. The first-order valence-electron chi connectivity index (χ1n) is 10.3. The molecule has 9 nitrogen and oxygen atoms in total. The van der Waals surface area contributed by atoms with Gasteiger partial charge in [-0.05, 0) is 32.4 Å². The zero-order valence-corrected chi connectivity index (χ0v) is 18.2. The predicted octanol–water partition coefficient (Wildman–Crippen LogP) is 1.12. The maximum absolute atomic E-state index is 12.3. The number of ether oxygens (including phenoxy) is 1. The van der Waals surface area contributed by atoms with Crippen molar-refractivity contribution in [2.75, 3.05) is 41.4 Å². The summed E-state index contributed by atoms with van der Waals surface area (Å²) in [4.78, 5) is 26.5. The summed E-state index contributed by atoms with van der Waals surface area (Å²) in [6, 6.07) is 6.86. The Balaban J connectivity index is 1.47. The lowest BCUT2D eigenvalue weighted by atomic mass is 10.1. The highest BCUT2D eigenvalue weighted by Crippen LogP contribution is 2.28. The first-order chi connectivity index (χ1) is 14.2. The van der Waals surface area contributed by atoms with Gasteiger partial charge in [-0.2, -0.15) is 0 Å². The maximum Gasteiger partial charge on any atom is 0.319 e. The topological polar surface area (TPSA) is 117 Å². The van der Waals surface area contributed by atoms with E-state index >= 15 is 0 Å². The lowest BCUT2D eigenvalue weighted by Crippen LogP contribution is -2.46.